The second-order valence-corrected chi connectivity index (χ2v) is 5.79. The van der Waals surface area contributed by atoms with E-state index in [4.69, 9.17) is 21.4 Å². The van der Waals surface area contributed by atoms with E-state index in [1.165, 1.54) is 4.90 Å². The van der Waals surface area contributed by atoms with Crippen molar-refractivity contribution < 1.29 is 19.4 Å². The molecule has 1 N–H and O–H groups in total. The first kappa shape index (κ1) is 15.6. The number of hydrogen-bond acceptors (Lipinski definition) is 4. The maximum absolute atomic E-state index is 12.2. The van der Waals surface area contributed by atoms with E-state index in [0.29, 0.717) is 16.3 Å². The van der Waals surface area contributed by atoms with Gasteiger partial charge in [0.15, 0.2) is 6.61 Å². The molecule has 7 heteroatoms. The van der Waals surface area contributed by atoms with Gasteiger partial charge in [-0.25, -0.2) is 0 Å². The van der Waals surface area contributed by atoms with Gasteiger partial charge in [-0.05, 0) is 37.1 Å². The van der Waals surface area contributed by atoms with Crippen molar-refractivity contribution in [3.8, 4) is 5.75 Å². The lowest BCUT2D eigenvalue weighted by Crippen LogP contribution is -2.40. The minimum Gasteiger partial charge on any atom is -0.481 e. The van der Waals surface area contributed by atoms with Gasteiger partial charge in [0.25, 0.3) is 5.91 Å². The van der Waals surface area contributed by atoms with Crippen molar-refractivity contribution in [1.82, 2.24) is 9.88 Å². The number of benzene rings is 1. The maximum Gasteiger partial charge on any atom is 0.323 e. The van der Waals surface area contributed by atoms with Gasteiger partial charge in [0, 0.05) is 17.6 Å². The Morgan fingerprint density at radius 1 is 1.35 bits per heavy atom. The van der Waals surface area contributed by atoms with E-state index in [1.807, 2.05) is 6.07 Å². The summed E-state index contributed by atoms with van der Waals surface area (Å²) in [6, 6.07) is 6.94. The molecule has 1 amide bonds. The average molecular weight is 335 g/mol. The summed E-state index contributed by atoms with van der Waals surface area (Å²) in [4.78, 5) is 28.7. The lowest BCUT2D eigenvalue weighted by molar-refractivity contribution is -0.145. The molecule has 2 aromatic rings. The smallest absolute Gasteiger partial charge is 0.323 e. The monoisotopic (exact) mass is 334 g/mol. The molecular weight excluding hydrogens is 320 g/mol. The summed E-state index contributed by atoms with van der Waals surface area (Å²) >= 11 is 6.11. The molecule has 1 saturated carbocycles. The fourth-order valence-electron chi connectivity index (χ4n) is 2.40. The molecule has 0 atom stereocenters. The zero-order chi connectivity index (χ0) is 16.4. The molecule has 120 valence electrons. The first-order valence-electron chi connectivity index (χ1n) is 7.23. The van der Waals surface area contributed by atoms with Gasteiger partial charge >= 0.3 is 5.97 Å². The highest BCUT2D eigenvalue weighted by Gasteiger charge is 2.34. The molecule has 0 unspecified atom stereocenters. The number of aliphatic carboxylic acids is 1. The lowest BCUT2D eigenvalue weighted by atomic mass is 10.2. The van der Waals surface area contributed by atoms with Gasteiger partial charge in [-0.2, -0.15) is 0 Å². The second-order valence-electron chi connectivity index (χ2n) is 5.38. The van der Waals surface area contributed by atoms with Crippen LogP contribution in [0.15, 0.2) is 30.5 Å². The quantitative estimate of drug-likeness (QED) is 0.877. The molecular formula is C16H15ClN2O4. The third-order valence-electron chi connectivity index (χ3n) is 3.64. The van der Waals surface area contributed by atoms with Gasteiger partial charge in [0.05, 0.1) is 5.02 Å². The number of carboxylic acid groups (broad SMARTS) is 1. The van der Waals surface area contributed by atoms with Crippen LogP contribution in [0.1, 0.15) is 12.8 Å². The summed E-state index contributed by atoms with van der Waals surface area (Å²) in [5, 5.41) is 10.2. The van der Waals surface area contributed by atoms with Crippen LogP contribution in [0.3, 0.4) is 0 Å². The summed E-state index contributed by atoms with van der Waals surface area (Å²) < 4.78 is 5.57. The Balaban J connectivity index is 1.74. The van der Waals surface area contributed by atoms with E-state index in [9.17, 15) is 9.59 Å². The Hall–Kier alpha value is -2.34. The first-order chi connectivity index (χ1) is 11.1. The standard InChI is InChI=1S/C16H15ClN2O4/c17-12-5-6-13(16-11(12)2-1-7-18-16)23-9-14(20)19(8-15(21)22)10-3-4-10/h1-2,5-7,10H,3-4,8-9H2,(H,21,22). The molecule has 23 heavy (non-hydrogen) atoms. The molecule has 1 aliphatic carbocycles. The summed E-state index contributed by atoms with van der Waals surface area (Å²) in [7, 11) is 0. The number of pyridine rings is 1. The van der Waals surface area contributed by atoms with Crippen LogP contribution < -0.4 is 4.74 Å². The molecule has 1 aliphatic rings. The molecule has 3 rings (SSSR count). The number of ether oxygens (including phenoxy) is 1. The van der Waals surface area contributed by atoms with Crippen LogP contribution in [0, 0.1) is 0 Å². The van der Waals surface area contributed by atoms with E-state index in [-0.39, 0.29) is 25.1 Å². The lowest BCUT2D eigenvalue weighted by Gasteiger charge is -2.20. The van der Waals surface area contributed by atoms with Crippen molar-refractivity contribution in [2.24, 2.45) is 0 Å². The minimum atomic E-state index is -1.02. The Labute approximate surface area is 137 Å². The van der Waals surface area contributed by atoms with Crippen molar-refractivity contribution >= 4 is 34.4 Å². The number of amides is 1. The third kappa shape index (κ3) is 3.53. The van der Waals surface area contributed by atoms with Crippen LogP contribution in [-0.2, 0) is 9.59 Å². The summed E-state index contributed by atoms with van der Waals surface area (Å²) in [5.41, 5.74) is 0.573. The molecule has 1 heterocycles. The van der Waals surface area contributed by atoms with Gasteiger partial charge in [0.1, 0.15) is 17.8 Å². The van der Waals surface area contributed by atoms with Crippen LogP contribution in [-0.4, -0.2) is 46.1 Å². The number of halogens is 1. The molecule has 6 nitrogen and oxygen atoms in total. The SMILES string of the molecule is O=C(O)CN(C(=O)COc1ccc(Cl)c2cccnc12)C1CC1. The highest BCUT2D eigenvalue weighted by molar-refractivity contribution is 6.35. The highest BCUT2D eigenvalue weighted by Crippen LogP contribution is 2.30. The third-order valence-corrected chi connectivity index (χ3v) is 3.97. The number of hydrogen-bond donors (Lipinski definition) is 1. The van der Waals surface area contributed by atoms with E-state index in [1.54, 1.807) is 24.4 Å². The van der Waals surface area contributed by atoms with Gasteiger partial charge in [-0.15, -0.1) is 0 Å². The number of carbonyl (C=O) groups excluding carboxylic acids is 1. The summed E-state index contributed by atoms with van der Waals surface area (Å²) in [6.07, 6.45) is 3.29. The zero-order valence-corrected chi connectivity index (χ0v) is 13.0. The summed E-state index contributed by atoms with van der Waals surface area (Å²) in [5.74, 6) is -0.915. The number of carbonyl (C=O) groups is 2. The largest absolute Gasteiger partial charge is 0.481 e. The molecule has 0 radical (unpaired) electrons. The molecule has 1 fully saturated rings. The van der Waals surface area contributed by atoms with Crippen molar-refractivity contribution in [2.45, 2.75) is 18.9 Å². The van der Waals surface area contributed by atoms with Crippen LogP contribution in [0.5, 0.6) is 5.75 Å². The highest BCUT2D eigenvalue weighted by atomic mass is 35.5. The number of fused-ring (bicyclic) bond motifs is 1. The fraction of sp³-hybridized carbons (Fsp3) is 0.312. The molecule has 1 aromatic carbocycles. The fourth-order valence-corrected chi connectivity index (χ4v) is 2.62. The number of rotatable bonds is 6. The Kier molecular flexibility index (Phi) is 4.34. The van der Waals surface area contributed by atoms with Crippen LogP contribution >= 0.6 is 11.6 Å². The zero-order valence-electron chi connectivity index (χ0n) is 12.2. The van der Waals surface area contributed by atoms with Crippen molar-refractivity contribution in [3.63, 3.8) is 0 Å². The predicted octanol–water partition coefficient (Wildman–Crippen LogP) is 2.34. The van der Waals surface area contributed by atoms with Gasteiger partial charge in [0.2, 0.25) is 0 Å². The van der Waals surface area contributed by atoms with Crippen molar-refractivity contribution in [1.29, 1.82) is 0 Å². The molecule has 0 bridgehead atoms. The van der Waals surface area contributed by atoms with E-state index in [2.05, 4.69) is 4.98 Å². The predicted molar refractivity (Wildman–Crippen MR) is 84.6 cm³/mol. The van der Waals surface area contributed by atoms with Gasteiger partial charge in [-0.3, -0.25) is 14.6 Å². The van der Waals surface area contributed by atoms with E-state index < -0.39 is 5.97 Å². The first-order valence-corrected chi connectivity index (χ1v) is 7.61. The number of nitrogens with zero attached hydrogens (tertiary/aromatic N) is 2. The van der Waals surface area contributed by atoms with Gasteiger partial charge < -0.3 is 14.7 Å². The van der Waals surface area contributed by atoms with Crippen LogP contribution in [0.25, 0.3) is 10.9 Å². The topological polar surface area (TPSA) is 79.7 Å². The van der Waals surface area contributed by atoms with E-state index >= 15 is 0 Å². The molecule has 0 saturated heterocycles. The van der Waals surface area contributed by atoms with Crippen molar-refractivity contribution in [2.75, 3.05) is 13.2 Å². The second kappa shape index (κ2) is 6.42. The molecule has 1 aromatic heterocycles. The molecule has 0 aliphatic heterocycles. The Bertz CT molecular complexity index is 761. The average Bonchev–Trinajstić information content (AvgIpc) is 3.36. The number of aromatic nitrogens is 1. The van der Waals surface area contributed by atoms with E-state index in [0.717, 1.165) is 18.2 Å². The van der Waals surface area contributed by atoms with Crippen LogP contribution in [0.4, 0.5) is 0 Å². The Morgan fingerprint density at radius 3 is 2.83 bits per heavy atom. The normalized spacial score (nSPS) is 13.8. The molecule has 0 spiro atoms. The maximum atomic E-state index is 12.2. The minimum absolute atomic E-state index is 0.0160. The van der Waals surface area contributed by atoms with Crippen LogP contribution in [0.2, 0.25) is 5.02 Å². The number of carboxylic acids is 1. The Morgan fingerprint density at radius 2 is 2.13 bits per heavy atom. The summed E-state index contributed by atoms with van der Waals surface area (Å²) in [6.45, 7) is -0.524. The van der Waals surface area contributed by atoms with Gasteiger partial charge in [-0.1, -0.05) is 11.6 Å². The van der Waals surface area contributed by atoms with Crippen molar-refractivity contribution in [3.05, 3.63) is 35.5 Å².